The zero-order chi connectivity index (χ0) is 15.4. The highest BCUT2D eigenvalue weighted by Gasteiger charge is 2.26. The van der Waals surface area contributed by atoms with Gasteiger partial charge in [0.05, 0.1) is 17.8 Å². The number of benzene rings is 1. The molecule has 1 aliphatic heterocycles. The average molecular weight is 403 g/mol. The average Bonchev–Trinajstić information content (AvgIpc) is 2.44. The van der Waals surface area contributed by atoms with Crippen molar-refractivity contribution >= 4 is 34.5 Å². The number of hydrogen-bond acceptors (Lipinski definition) is 4. The lowest BCUT2D eigenvalue weighted by molar-refractivity contribution is -0.146. The molecular weight excluding hydrogens is 385 g/mol. The maximum Gasteiger partial charge on any atom is 0.338 e. The summed E-state index contributed by atoms with van der Waals surface area (Å²) in [6, 6.07) is 7.02. The topological polar surface area (TPSA) is 55.8 Å². The maximum atomic E-state index is 12.1. The number of amides is 1. The first-order chi connectivity index (χ1) is 9.95. The van der Waals surface area contributed by atoms with Gasteiger partial charge in [0, 0.05) is 16.7 Å². The fraction of sp³-hybridized carbons (Fsp3) is 0.467. The number of carbonyl (C=O) groups excluding carboxylic acids is 2. The van der Waals surface area contributed by atoms with E-state index < -0.39 is 5.97 Å². The van der Waals surface area contributed by atoms with E-state index in [0.29, 0.717) is 18.7 Å². The van der Waals surface area contributed by atoms with E-state index in [-0.39, 0.29) is 24.7 Å². The number of hydrogen-bond donors (Lipinski definition) is 0. The molecule has 1 saturated heterocycles. The van der Waals surface area contributed by atoms with Crippen molar-refractivity contribution < 1.29 is 19.1 Å². The van der Waals surface area contributed by atoms with Crippen molar-refractivity contribution in [3.05, 3.63) is 33.4 Å². The van der Waals surface area contributed by atoms with Gasteiger partial charge >= 0.3 is 5.97 Å². The molecule has 0 saturated carbocycles. The van der Waals surface area contributed by atoms with Crippen LogP contribution < -0.4 is 0 Å². The normalized spacial score (nSPS) is 22.0. The Labute approximate surface area is 137 Å². The van der Waals surface area contributed by atoms with E-state index >= 15 is 0 Å². The van der Waals surface area contributed by atoms with Gasteiger partial charge in [-0.3, -0.25) is 4.79 Å². The summed E-state index contributed by atoms with van der Waals surface area (Å²) >= 11 is 2.16. The Kier molecular flexibility index (Phi) is 5.58. The first-order valence-corrected chi connectivity index (χ1v) is 7.89. The Bertz CT molecular complexity index is 507. The molecular formula is C15H18INO4. The molecule has 0 aromatic heterocycles. The molecule has 0 bridgehead atoms. The van der Waals surface area contributed by atoms with Crippen molar-refractivity contribution in [2.45, 2.75) is 26.1 Å². The summed E-state index contributed by atoms with van der Waals surface area (Å²) in [6.45, 7) is 4.68. The van der Waals surface area contributed by atoms with Crippen molar-refractivity contribution in [1.29, 1.82) is 0 Å². The van der Waals surface area contributed by atoms with Gasteiger partial charge in [-0.1, -0.05) is 0 Å². The Morgan fingerprint density at radius 1 is 1.24 bits per heavy atom. The molecule has 1 amide bonds. The summed E-state index contributed by atoms with van der Waals surface area (Å²) in [5.41, 5.74) is 0.451. The molecule has 5 nitrogen and oxygen atoms in total. The summed E-state index contributed by atoms with van der Waals surface area (Å²) in [6.07, 6.45) is 0.00852. The van der Waals surface area contributed by atoms with Gasteiger partial charge in [0.15, 0.2) is 6.61 Å². The number of ether oxygens (including phenoxy) is 2. The smallest absolute Gasteiger partial charge is 0.338 e. The van der Waals surface area contributed by atoms with Gasteiger partial charge in [0.2, 0.25) is 0 Å². The van der Waals surface area contributed by atoms with Gasteiger partial charge in [-0.05, 0) is 60.7 Å². The molecule has 1 aromatic carbocycles. The van der Waals surface area contributed by atoms with Gasteiger partial charge in [-0.25, -0.2) is 4.79 Å². The van der Waals surface area contributed by atoms with Crippen LogP contribution in [0.3, 0.4) is 0 Å². The van der Waals surface area contributed by atoms with E-state index in [0.717, 1.165) is 3.57 Å². The Balaban J connectivity index is 1.86. The van der Waals surface area contributed by atoms with E-state index in [4.69, 9.17) is 9.47 Å². The molecule has 1 aliphatic rings. The van der Waals surface area contributed by atoms with Crippen LogP contribution in [-0.2, 0) is 14.3 Å². The molecule has 0 radical (unpaired) electrons. The molecule has 2 rings (SSSR count). The quantitative estimate of drug-likeness (QED) is 0.573. The molecule has 0 N–H and O–H groups in total. The second kappa shape index (κ2) is 7.22. The first kappa shape index (κ1) is 16.2. The van der Waals surface area contributed by atoms with Gasteiger partial charge in [0.25, 0.3) is 5.91 Å². The molecule has 0 aliphatic carbocycles. The fourth-order valence-electron chi connectivity index (χ4n) is 2.27. The number of morpholine rings is 1. The van der Waals surface area contributed by atoms with Crippen LogP contribution in [0.15, 0.2) is 24.3 Å². The largest absolute Gasteiger partial charge is 0.452 e. The highest BCUT2D eigenvalue weighted by molar-refractivity contribution is 14.1. The second-order valence-corrected chi connectivity index (χ2v) is 6.38. The van der Waals surface area contributed by atoms with E-state index in [2.05, 4.69) is 22.6 Å². The minimum Gasteiger partial charge on any atom is -0.452 e. The van der Waals surface area contributed by atoms with Crippen molar-refractivity contribution in [2.75, 3.05) is 19.7 Å². The van der Waals surface area contributed by atoms with Crippen molar-refractivity contribution in [3.8, 4) is 0 Å². The summed E-state index contributed by atoms with van der Waals surface area (Å²) in [5.74, 6) is -0.662. The highest BCUT2D eigenvalue weighted by atomic mass is 127. The first-order valence-electron chi connectivity index (χ1n) is 6.81. The standard InChI is InChI=1S/C15H18INO4/c1-10-7-17(8-11(2)21-10)14(18)9-20-15(19)12-3-5-13(16)6-4-12/h3-6,10-11H,7-9H2,1-2H3. The number of carbonyl (C=O) groups is 2. The number of esters is 1. The summed E-state index contributed by atoms with van der Waals surface area (Å²) in [4.78, 5) is 25.6. The van der Waals surface area contributed by atoms with Crippen molar-refractivity contribution in [3.63, 3.8) is 0 Å². The van der Waals surface area contributed by atoms with Crippen molar-refractivity contribution in [2.24, 2.45) is 0 Å². The van der Waals surface area contributed by atoms with Crippen molar-refractivity contribution in [1.82, 2.24) is 4.90 Å². The van der Waals surface area contributed by atoms with Crippen LogP contribution >= 0.6 is 22.6 Å². The van der Waals surface area contributed by atoms with E-state index in [1.54, 1.807) is 17.0 Å². The van der Waals surface area contributed by atoms with Crippen LogP contribution in [0, 0.1) is 3.57 Å². The lowest BCUT2D eigenvalue weighted by Gasteiger charge is -2.35. The predicted octanol–water partition coefficient (Wildman–Crippen LogP) is 2.08. The molecule has 114 valence electrons. The van der Waals surface area contributed by atoms with Crippen LogP contribution in [-0.4, -0.2) is 48.7 Å². The Morgan fingerprint density at radius 2 is 1.81 bits per heavy atom. The lowest BCUT2D eigenvalue weighted by Crippen LogP contribution is -2.49. The van der Waals surface area contributed by atoms with Crippen LogP contribution in [0.4, 0.5) is 0 Å². The fourth-order valence-corrected chi connectivity index (χ4v) is 2.63. The molecule has 21 heavy (non-hydrogen) atoms. The van der Waals surface area contributed by atoms with Crippen LogP contribution in [0.25, 0.3) is 0 Å². The van der Waals surface area contributed by atoms with Gasteiger partial charge in [-0.2, -0.15) is 0 Å². The molecule has 1 aromatic rings. The summed E-state index contributed by atoms with van der Waals surface area (Å²) in [7, 11) is 0. The second-order valence-electron chi connectivity index (χ2n) is 5.14. The highest BCUT2D eigenvalue weighted by Crippen LogP contribution is 2.11. The number of nitrogens with zero attached hydrogens (tertiary/aromatic N) is 1. The van der Waals surface area contributed by atoms with E-state index in [1.165, 1.54) is 0 Å². The minimum atomic E-state index is -0.478. The molecule has 0 spiro atoms. The third-order valence-electron chi connectivity index (χ3n) is 3.18. The van der Waals surface area contributed by atoms with Crippen LogP contribution in [0.1, 0.15) is 24.2 Å². The Morgan fingerprint density at radius 3 is 2.38 bits per heavy atom. The van der Waals surface area contributed by atoms with Gasteiger partial charge in [0.1, 0.15) is 0 Å². The Hall–Kier alpha value is -1.15. The minimum absolute atomic E-state index is 0.00426. The lowest BCUT2D eigenvalue weighted by atomic mass is 10.2. The number of rotatable bonds is 3. The van der Waals surface area contributed by atoms with E-state index in [9.17, 15) is 9.59 Å². The third-order valence-corrected chi connectivity index (χ3v) is 3.90. The van der Waals surface area contributed by atoms with Gasteiger partial charge < -0.3 is 14.4 Å². The monoisotopic (exact) mass is 403 g/mol. The predicted molar refractivity (Wildman–Crippen MR) is 86.0 cm³/mol. The summed E-state index contributed by atoms with van der Waals surface area (Å²) in [5, 5.41) is 0. The SMILES string of the molecule is CC1CN(C(=O)COC(=O)c2ccc(I)cc2)CC(C)O1. The molecule has 6 heteroatoms. The van der Waals surface area contributed by atoms with Gasteiger partial charge in [-0.15, -0.1) is 0 Å². The zero-order valence-electron chi connectivity index (χ0n) is 12.0. The third kappa shape index (κ3) is 4.67. The maximum absolute atomic E-state index is 12.1. The number of halogens is 1. The molecule has 1 fully saturated rings. The zero-order valence-corrected chi connectivity index (χ0v) is 14.2. The van der Waals surface area contributed by atoms with Crippen LogP contribution in [0.5, 0.6) is 0 Å². The molecule has 2 atom stereocenters. The molecule has 1 heterocycles. The van der Waals surface area contributed by atoms with Crippen LogP contribution in [0.2, 0.25) is 0 Å². The van der Waals surface area contributed by atoms with E-state index in [1.807, 2.05) is 26.0 Å². The summed E-state index contributed by atoms with van der Waals surface area (Å²) < 4.78 is 11.7. The molecule has 2 unspecified atom stereocenters.